The maximum Gasteiger partial charge on any atom is 0.262 e. The topological polar surface area (TPSA) is 63.0 Å². The molecular weight excluding hydrogens is 362 g/mol. The molecule has 5 nitrogen and oxygen atoms in total. The Morgan fingerprint density at radius 1 is 0.963 bits per heavy atom. The van der Waals surface area contributed by atoms with Crippen LogP contribution >= 0.6 is 11.6 Å². The third-order valence-corrected chi connectivity index (χ3v) is 4.11. The zero-order valence-corrected chi connectivity index (χ0v) is 15.5. The lowest BCUT2D eigenvalue weighted by molar-refractivity contribution is -0.118. The second-order valence-corrected chi connectivity index (χ2v) is 6.24. The van der Waals surface area contributed by atoms with E-state index in [2.05, 4.69) is 15.5 Å². The molecule has 1 N–H and O–H groups in total. The SMILES string of the molecule is Cc1cc(OCC(=O)Nc2ccc(N=Nc3ccccc3)cc2)ccc1Cl. The highest BCUT2D eigenvalue weighted by Gasteiger charge is 2.05. The van der Waals surface area contributed by atoms with Crippen LogP contribution in [0.1, 0.15) is 5.56 Å². The second-order valence-electron chi connectivity index (χ2n) is 5.83. The van der Waals surface area contributed by atoms with Crippen molar-refractivity contribution in [2.24, 2.45) is 10.2 Å². The molecule has 0 aliphatic rings. The van der Waals surface area contributed by atoms with E-state index < -0.39 is 0 Å². The Morgan fingerprint density at radius 2 is 1.63 bits per heavy atom. The average Bonchev–Trinajstić information content (AvgIpc) is 2.69. The summed E-state index contributed by atoms with van der Waals surface area (Å²) < 4.78 is 5.48. The number of carbonyl (C=O) groups is 1. The standard InChI is InChI=1S/C21H18ClN3O2/c1-15-13-19(11-12-20(15)22)27-14-21(26)23-16-7-9-18(10-8-16)25-24-17-5-3-2-4-6-17/h2-13H,14H2,1H3,(H,23,26). The molecule has 3 aromatic carbocycles. The molecule has 0 spiro atoms. The molecule has 27 heavy (non-hydrogen) atoms. The van der Waals surface area contributed by atoms with Gasteiger partial charge in [-0.05, 0) is 67.1 Å². The molecular formula is C21H18ClN3O2. The van der Waals surface area contributed by atoms with Crippen molar-refractivity contribution in [1.82, 2.24) is 0 Å². The first-order chi connectivity index (χ1) is 13.1. The van der Waals surface area contributed by atoms with Crippen molar-refractivity contribution in [3.05, 3.63) is 83.4 Å². The molecule has 3 rings (SSSR count). The molecule has 0 aliphatic heterocycles. The van der Waals surface area contributed by atoms with Gasteiger partial charge >= 0.3 is 0 Å². The minimum atomic E-state index is -0.249. The minimum absolute atomic E-state index is 0.0868. The van der Waals surface area contributed by atoms with E-state index >= 15 is 0 Å². The molecule has 0 fully saturated rings. The third-order valence-electron chi connectivity index (χ3n) is 3.69. The highest BCUT2D eigenvalue weighted by molar-refractivity contribution is 6.31. The van der Waals surface area contributed by atoms with Crippen molar-refractivity contribution in [1.29, 1.82) is 0 Å². The molecule has 0 unspecified atom stereocenters. The zero-order valence-electron chi connectivity index (χ0n) is 14.7. The van der Waals surface area contributed by atoms with Crippen LogP contribution in [0.3, 0.4) is 0 Å². The normalized spacial score (nSPS) is 10.7. The Kier molecular flexibility index (Phi) is 6.18. The summed E-state index contributed by atoms with van der Waals surface area (Å²) in [6, 6.07) is 21.9. The highest BCUT2D eigenvalue weighted by atomic mass is 35.5. The molecule has 0 atom stereocenters. The van der Waals surface area contributed by atoms with E-state index in [1.54, 1.807) is 42.5 Å². The van der Waals surface area contributed by atoms with E-state index in [9.17, 15) is 4.79 Å². The summed E-state index contributed by atoms with van der Waals surface area (Å²) in [6.45, 7) is 1.79. The predicted molar refractivity (Wildman–Crippen MR) is 107 cm³/mol. The van der Waals surface area contributed by atoms with Crippen LogP contribution in [-0.2, 0) is 4.79 Å². The summed E-state index contributed by atoms with van der Waals surface area (Å²) in [5.74, 6) is 0.352. The molecule has 0 aliphatic carbocycles. The number of azo groups is 1. The van der Waals surface area contributed by atoms with Gasteiger partial charge in [0.2, 0.25) is 0 Å². The lowest BCUT2D eigenvalue weighted by Gasteiger charge is -2.08. The van der Waals surface area contributed by atoms with Crippen molar-refractivity contribution in [2.45, 2.75) is 6.92 Å². The fourth-order valence-electron chi connectivity index (χ4n) is 2.27. The van der Waals surface area contributed by atoms with Crippen LogP contribution in [0.4, 0.5) is 17.1 Å². The largest absolute Gasteiger partial charge is 0.484 e. The number of ether oxygens (including phenoxy) is 1. The molecule has 0 radical (unpaired) electrons. The maximum absolute atomic E-state index is 12.0. The Bertz CT molecular complexity index is 941. The van der Waals surface area contributed by atoms with Crippen LogP contribution in [0.5, 0.6) is 5.75 Å². The van der Waals surface area contributed by atoms with Gasteiger partial charge in [0.1, 0.15) is 5.75 Å². The van der Waals surface area contributed by atoms with Gasteiger partial charge in [-0.15, -0.1) is 0 Å². The third kappa shape index (κ3) is 5.66. The van der Waals surface area contributed by atoms with Crippen molar-refractivity contribution < 1.29 is 9.53 Å². The summed E-state index contributed by atoms with van der Waals surface area (Å²) in [5.41, 5.74) is 3.04. The number of anilines is 1. The Morgan fingerprint density at radius 3 is 2.30 bits per heavy atom. The van der Waals surface area contributed by atoms with Crippen LogP contribution in [0.2, 0.25) is 5.02 Å². The van der Waals surface area contributed by atoms with Gasteiger partial charge in [0.05, 0.1) is 11.4 Å². The van der Waals surface area contributed by atoms with E-state index in [-0.39, 0.29) is 12.5 Å². The fourth-order valence-corrected chi connectivity index (χ4v) is 2.39. The number of aryl methyl sites for hydroxylation is 1. The Balaban J connectivity index is 1.52. The molecule has 0 saturated heterocycles. The first-order valence-corrected chi connectivity index (χ1v) is 8.73. The summed E-state index contributed by atoms with van der Waals surface area (Å²) in [6.07, 6.45) is 0. The number of hydrogen-bond donors (Lipinski definition) is 1. The van der Waals surface area contributed by atoms with Gasteiger partial charge in [-0.2, -0.15) is 10.2 Å². The van der Waals surface area contributed by atoms with E-state index in [4.69, 9.17) is 16.3 Å². The van der Waals surface area contributed by atoms with Gasteiger partial charge in [0.25, 0.3) is 5.91 Å². The summed E-state index contributed by atoms with van der Waals surface area (Å²) in [5, 5.41) is 11.8. The lowest BCUT2D eigenvalue weighted by Crippen LogP contribution is -2.20. The molecule has 136 valence electrons. The van der Waals surface area contributed by atoms with Gasteiger partial charge < -0.3 is 10.1 Å². The smallest absolute Gasteiger partial charge is 0.262 e. The van der Waals surface area contributed by atoms with Crippen molar-refractivity contribution in [3.63, 3.8) is 0 Å². The fraction of sp³-hybridized carbons (Fsp3) is 0.0952. The molecule has 6 heteroatoms. The van der Waals surface area contributed by atoms with E-state index in [0.717, 1.165) is 11.3 Å². The lowest BCUT2D eigenvalue weighted by atomic mass is 10.2. The van der Waals surface area contributed by atoms with Gasteiger partial charge in [-0.1, -0.05) is 29.8 Å². The summed E-state index contributed by atoms with van der Waals surface area (Å²) >= 11 is 5.97. The first-order valence-electron chi connectivity index (χ1n) is 8.36. The van der Waals surface area contributed by atoms with Crippen LogP contribution in [0.15, 0.2) is 83.0 Å². The average molecular weight is 380 g/mol. The van der Waals surface area contributed by atoms with E-state index in [0.29, 0.717) is 22.1 Å². The number of nitrogens with zero attached hydrogens (tertiary/aromatic N) is 2. The molecule has 0 saturated carbocycles. The van der Waals surface area contributed by atoms with Crippen molar-refractivity contribution in [3.8, 4) is 5.75 Å². The van der Waals surface area contributed by atoms with Crippen LogP contribution in [0, 0.1) is 6.92 Å². The van der Waals surface area contributed by atoms with Gasteiger partial charge in [0.15, 0.2) is 6.61 Å². The number of rotatable bonds is 6. The molecule has 1 amide bonds. The van der Waals surface area contributed by atoms with Gasteiger partial charge in [0, 0.05) is 10.7 Å². The van der Waals surface area contributed by atoms with Crippen LogP contribution in [0.25, 0.3) is 0 Å². The summed E-state index contributed by atoms with van der Waals surface area (Å²) in [7, 11) is 0. The van der Waals surface area contributed by atoms with Gasteiger partial charge in [-0.3, -0.25) is 4.79 Å². The van der Waals surface area contributed by atoms with E-state index in [1.807, 2.05) is 37.3 Å². The Labute approximate surface area is 162 Å². The molecule has 0 heterocycles. The minimum Gasteiger partial charge on any atom is -0.484 e. The quantitative estimate of drug-likeness (QED) is 0.527. The number of hydrogen-bond acceptors (Lipinski definition) is 4. The zero-order chi connectivity index (χ0) is 19.1. The highest BCUT2D eigenvalue weighted by Crippen LogP contribution is 2.22. The molecule has 0 aromatic heterocycles. The number of halogens is 1. The molecule has 3 aromatic rings. The number of benzene rings is 3. The Hall–Kier alpha value is -3.18. The van der Waals surface area contributed by atoms with E-state index in [1.165, 1.54) is 0 Å². The monoisotopic (exact) mass is 379 g/mol. The van der Waals surface area contributed by atoms with Crippen LogP contribution < -0.4 is 10.1 Å². The maximum atomic E-state index is 12.0. The summed E-state index contributed by atoms with van der Waals surface area (Å²) in [4.78, 5) is 12.0. The number of nitrogens with one attached hydrogen (secondary N) is 1. The first kappa shape index (κ1) is 18.6. The van der Waals surface area contributed by atoms with Crippen molar-refractivity contribution >= 4 is 34.6 Å². The predicted octanol–water partition coefficient (Wildman–Crippen LogP) is 6.08. The van der Waals surface area contributed by atoms with Crippen LogP contribution in [-0.4, -0.2) is 12.5 Å². The number of carbonyl (C=O) groups excluding carboxylic acids is 1. The van der Waals surface area contributed by atoms with Gasteiger partial charge in [-0.25, -0.2) is 0 Å². The molecule has 0 bridgehead atoms. The van der Waals surface area contributed by atoms with Crippen molar-refractivity contribution in [2.75, 3.05) is 11.9 Å². The number of amides is 1. The second kappa shape index (κ2) is 8.96.